The molecule has 0 bridgehead atoms. The number of aliphatic hydroxyl groups excluding tert-OH is 1. The lowest BCUT2D eigenvalue weighted by molar-refractivity contribution is 0.122. The van der Waals surface area contributed by atoms with Gasteiger partial charge in [0.1, 0.15) is 29.2 Å². The van der Waals surface area contributed by atoms with Crippen LogP contribution in [0.3, 0.4) is 0 Å². The summed E-state index contributed by atoms with van der Waals surface area (Å²) in [6.45, 7) is 4.86. The molecule has 0 unspecified atom stereocenters. The Morgan fingerprint density at radius 1 is 0.838 bits per heavy atom. The first-order valence-electron chi connectivity index (χ1n) is 13.5. The molecule has 4 heterocycles. The van der Waals surface area contributed by atoms with E-state index in [0.29, 0.717) is 6.04 Å². The summed E-state index contributed by atoms with van der Waals surface area (Å²) in [6, 6.07) is 6.60. The zero-order chi connectivity index (χ0) is 25.0. The fraction of sp³-hybridized carbons (Fsp3) is 0.556. The van der Waals surface area contributed by atoms with Gasteiger partial charge in [0.2, 0.25) is 0 Å². The highest BCUT2D eigenvalue weighted by Crippen LogP contribution is 2.33. The lowest BCUT2D eigenvalue weighted by atomic mass is 9.93. The maximum Gasteiger partial charge on any atom is 0.149 e. The van der Waals surface area contributed by atoms with Crippen molar-refractivity contribution in [2.24, 2.45) is 0 Å². The maximum absolute atomic E-state index is 9.79. The molecule has 0 amide bonds. The van der Waals surface area contributed by atoms with Crippen LogP contribution in [0.15, 0.2) is 36.9 Å². The number of fused-ring (bicyclic) bond motifs is 1. The van der Waals surface area contributed by atoms with E-state index in [1.807, 2.05) is 6.07 Å². The molecule has 3 aliphatic rings. The van der Waals surface area contributed by atoms with Gasteiger partial charge >= 0.3 is 0 Å². The van der Waals surface area contributed by atoms with Crippen LogP contribution in [-0.4, -0.2) is 82.7 Å². The molecule has 0 atom stereocenters. The second-order valence-electron chi connectivity index (χ2n) is 10.2. The minimum absolute atomic E-state index is 0.143. The molecule has 3 fully saturated rings. The molecule has 2 aliphatic heterocycles. The Hall–Kier alpha value is -3.24. The molecule has 0 radical (unpaired) electrons. The molecule has 6 rings (SSSR count). The summed E-state index contributed by atoms with van der Waals surface area (Å²) in [5.74, 6) is 2.60. The van der Waals surface area contributed by atoms with Gasteiger partial charge in [0, 0.05) is 62.4 Å². The minimum Gasteiger partial charge on any atom is -0.488 e. The highest BCUT2D eigenvalue weighted by atomic mass is 16.5. The minimum atomic E-state index is -0.194. The summed E-state index contributed by atoms with van der Waals surface area (Å²) >= 11 is 0. The van der Waals surface area contributed by atoms with Crippen molar-refractivity contribution in [3.8, 4) is 5.75 Å². The Bertz CT molecular complexity index is 1190. The topological polar surface area (TPSA) is 109 Å². The second kappa shape index (κ2) is 11.0. The molecule has 1 aromatic carbocycles. The number of ether oxygens (including phenoxy) is 2. The van der Waals surface area contributed by atoms with E-state index in [1.165, 1.54) is 0 Å². The molecule has 3 aromatic rings. The first kappa shape index (κ1) is 24.1. The van der Waals surface area contributed by atoms with E-state index in [2.05, 4.69) is 47.2 Å². The number of hydrogen-bond acceptors (Lipinski definition) is 10. The first-order valence-corrected chi connectivity index (χ1v) is 13.5. The van der Waals surface area contributed by atoms with E-state index in [0.717, 1.165) is 112 Å². The summed E-state index contributed by atoms with van der Waals surface area (Å²) in [6.07, 6.45) is 10.5. The van der Waals surface area contributed by atoms with Gasteiger partial charge in [-0.15, -0.1) is 0 Å². The van der Waals surface area contributed by atoms with Gasteiger partial charge in [0.05, 0.1) is 30.9 Å². The van der Waals surface area contributed by atoms with Crippen LogP contribution in [-0.2, 0) is 4.74 Å². The molecule has 2 N–H and O–H groups in total. The highest BCUT2D eigenvalue weighted by molar-refractivity contribution is 5.85. The molecular formula is C27H35N7O3. The van der Waals surface area contributed by atoms with E-state index in [4.69, 9.17) is 9.47 Å². The van der Waals surface area contributed by atoms with Crippen LogP contribution in [0.5, 0.6) is 5.75 Å². The van der Waals surface area contributed by atoms with Crippen molar-refractivity contribution in [2.45, 2.75) is 56.8 Å². The number of morpholine rings is 1. The molecule has 10 nitrogen and oxygen atoms in total. The van der Waals surface area contributed by atoms with E-state index in [1.54, 1.807) is 18.7 Å². The molecule has 1 saturated carbocycles. The van der Waals surface area contributed by atoms with Gasteiger partial charge in [-0.1, -0.05) is 0 Å². The number of aliphatic hydroxyl groups is 1. The summed E-state index contributed by atoms with van der Waals surface area (Å²) in [4.78, 5) is 22.6. The number of rotatable bonds is 6. The standard InChI is InChI=1S/C27H35N7O3/c35-21-5-9-34(10-6-21)26-17-25(30-18-31-26)32-19-1-3-22(4-2-19)37-24-16-20(33-11-13-36-14-12-33)15-23-27(24)29-8-7-28-23/h7-8,15-19,21-22,35H,1-6,9-14H2,(H,30,31,32)/t19-,22+. The monoisotopic (exact) mass is 505 g/mol. The van der Waals surface area contributed by atoms with E-state index < -0.39 is 0 Å². The first-order chi connectivity index (χ1) is 18.2. The molecule has 2 aromatic heterocycles. The van der Waals surface area contributed by atoms with Crippen molar-refractivity contribution in [1.29, 1.82) is 0 Å². The van der Waals surface area contributed by atoms with Gasteiger partial charge in [-0.25, -0.2) is 15.0 Å². The molecule has 1 aliphatic carbocycles. The molecule has 196 valence electrons. The number of hydrogen-bond donors (Lipinski definition) is 2. The molecule has 10 heteroatoms. The molecule has 0 spiro atoms. The van der Waals surface area contributed by atoms with Crippen molar-refractivity contribution in [3.05, 3.63) is 36.9 Å². The number of benzene rings is 1. The Morgan fingerprint density at radius 2 is 1.62 bits per heavy atom. The number of nitrogens with zero attached hydrogens (tertiary/aromatic N) is 6. The van der Waals surface area contributed by atoms with Crippen molar-refractivity contribution >= 4 is 28.4 Å². The van der Waals surface area contributed by atoms with Crippen LogP contribution >= 0.6 is 0 Å². The third-order valence-corrected chi connectivity index (χ3v) is 7.66. The predicted octanol–water partition coefficient (Wildman–Crippen LogP) is 3.02. The Morgan fingerprint density at radius 3 is 2.43 bits per heavy atom. The lowest BCUT2D eigenvalue weighted by Crippen LogP contribution is -2.36. The van der Waals surface area contributed by atoms with Crippen LogP contribution < -0.4 is 19.9 Å². The van der Waals surface area contributed by atoms with Gasteiger partial charge in [0.25, 0.3) is 0 Å². The smallest absolute Gasteiger partial charge is 0.149 e. The third kappa shape index (κ3) is 5.70. The summed E-state index contributed by atoms with van der Waals surface area (Å²) < 4.78 is 12.1. The number of piperidine rings is 1. The van der Waals surface area contributed by atoms with Gasteiger partial charge in [-0.3, -0.25) is 4.98 Å². The summed E-state index contributed by atoms with van der Waals surface area (Å²) in [5, 5.41) is 13.4. The Labute approximate surface area is 217 Å². The maximum atomic E-state index is 9.79. The number of anilines is 3. The largest absolute Gasteiger partial charge is 0.488 e. The fourth-order valence-corrected chi connectivity index (χ4v) is 5.53. The van der Waals surface area contributed by atoms with Crippen molar-refractivity contribution < 1.29 is 14.6 Å². The zero-order valence-electron chi connectivity index (χ0n) is 21.1. The zero-order valence-corrected chi connectivity index (χ0v) is 21.1. The fourth-order valence-electron chi connectivity index (χ4n) is 5.53. The predicted molar refractivity (Wildman–Crippen MR) is 142 cm³/mol. The highest BCUT2D eigenvalue weighted by Gasteiger charge is 2.25. The van der Waals surface area contributed by atoms with E-state index >= 15 is 0 Å². The second-order valence-corrected chi connectivity index (χ2v) is 10.2. The quantitative estimate of drug-likeness (QED) is 0.519. The van der Waals surface area contributed by atoms with Gasteiger partial charge in [-0.2, -0.15) is 0 Å². The van der Waals surface area contributed by atoms with Crippen LogP contribution in [0.2, 0.25) is 0 Å². The normalized spacial score (nSPS) is 23.3. The van der Waals surface area contributed by atoms with Gasteiger partial charge in [0.15, 0.2) is 0 Å². The summed E-state index contributed by atoms with van der Waals surface area (Å²) in [5.41, 5.74) is 2.79. The van der Waals surface area contributed by atoms with E-state index in [-0.39, 0.29) is 12.2 Å². The molecular weight excluding hydrogens is 470 g/mol. The van der Waals surface area contributed by atoms with E-state index in [9.17, 15) is 5.11 Å². The third-order valence-electron chi connectivity index (χ3n) is 7.66. The van der Waals surface area contributed by atoms with Crippen molar-refractivity contribution in [2.75, 3.05) is 54.5 Å². The van der Waals surface area contributed by atoms with Gasteiger partial charge < -0.3 is 29.7 Å². The van der Waals surface area contributed by atoms with Crippen LogP contribution in [0.25, 0.3) is 11.0 Å². The Kier molecular flexibility index (Phi) is 7.18. The SMILES string of the molecule is OC1CCN(c2cc(N[C@H]3CC[C@@H](Oc4cc(N5CCOCC5)cc5nccnc45)CC3)ncn2)CC1. The van der Waals surface area contributed by atoms with Crippen LogP contribution in [0.1, 0.15) is 38.5 Å². The summed E-state index contributed by atoms with van der Waals surface area (Å²) in [7, 11) is 0. The van der Waals surface area contributed by atoms with Crippen molar-refractivity contribution in [1.82, 2.24) is 19.9 Å². The number of nitrogens with one attached hydrogen (secondary N) is 1. The average Bonchev–Trinajstić information content (AvgIpc) is 2.95. The van der Waals surface area contributed by atoms with Crippen molar-refractivity contribution in [3.63, 3.8) is 0 Å². The Balaban J connectivity index is 1.08. The van der Waals surface area contributed by atoms with Crippen LogP contribution in [0.4, 0.5) is 17.3 Å². The van der Waals surface area contributed by atoms with Gasteiger partial charge in [-0.05, 0) is 44.6 Å². The molecule has 2 saturated heterocycles. The average molecular weight is 506 g/mol. The molecule has 37 heavy (non-hydrogen) atoms. The lowest BCUT2D eigenvalue weighted by Gasteiger charge is -2.32. The van der Waals surface area contributed by atoms with Crippen LogP contribution in [0, 0.1) is 0 Å². The number of aromatic nitrogens is 4.